The van der Waals surface area contributed by atoms with Crippen molar-refractivity contribution in [3.05, 3.63) is 83.4 Å². The number of ether oxygens (including phenoxy) is 1. The van der Waals surface area contributed by atoms with Gasteiger partial charge in [-0.25, -0.2) is 0 Å². The van der Waals surface area contributed by atoms with Gasteiger partial charge in [-0.3, -0.25) is 0 Å². The molecule has 1 unspecified atom stereocenters. The first-order valence-electron chi connectivity index (χ1n) is 8.30. The van der Waals surface area contributed by atoms with Crippen LogP contribution in [0.1, 0.15) is 16.7 Å². The number of epoxide rings is 1. The zero-order valence-electron chi connectivity index (χ0n) is 13.0. The molecule has 0 bridgehead atoms. The first-order valence-corrected chi connectivity index (χ1v) is 8.30. The van der Waals surface area contributed by atoms with Crippen LogP contribution in [0.15, 0.2) is 66.7 Å². The van der Waals surface area contributed by atoms with Crippen LogP contribution in [0.3, 0.4) is 0 Å². The van der Waals surface area contributed by atoms with E-state index in [1.807, 2.05) is 0 Å². The average molecular weight is 298 g/mol. The lowest BCUT2D eigenvalue weighted by molar-refractivity contribution is 0.408. The van der Waals surface area contributed by atoms with Gasteiger partial charge in [0.05, 0.1) is 12.7 Å². The highest BCUT2D eigenvalue weighted by Gasteiger charge is 2.28. The summed E-state index contributed by atoms with van der Waals surface area (Å²) >= 11 is 0. The molecule has 0 N–H and O–H groups in total. The van der Waals surface area contributed by atoms with Gasteiger partial charge in [0.15, 0.2) is 0 Å². The smallest absolute Gasteiger partial charge is 0.0850 e. The molecule has 3 aromatic rings. The molecule has 2 aliphatic rings. The molecule has 0 aromatic heterocycles. The third-order valence-corrected chi connectivity index (χ3v) is 4.99. The Morgan fingerprint density at radius 3 is 2.43 bits per heavy atom. The summed E-state index contributed by atoms with van der Waals surface area (Å²) in [5.41, 5.74) is 9.90. The number of hydrogen-bond donors (Lipinski definition) is 0. The summed E-state index contributed by atoms with van der Waals surface area (Å²) in [4.78, 5) is 0. The van der Waals surface area contributed by atoms with Crippen molar-refractivity contribution in [3.8, 4) is 22.3 Å². The fourth-order valence-electron chi connectivity index (χ4n) is 3.83. The first-order chi connectivity index (χ1) is 11.4. The van der Waals surface area contributed by atoms with Crippen molar-refractivity contribution in [1.29, 1.82) is 0 Å². The summed E-state index contributed by atoms with van der Waals surface area (Å²) < 4.78 is 5.48. The van der Waals surface area contributed by atoms with Gasteiger partial charge in [0, 0.05) is 6.42 Å². The fraction of sp³-hybridized carbons (Fsp3) is 0.182. The summed E-state index contributed by atoms with van der Waals surface area (Å²) in [6.45, 7) is 0.908. The van der Waals surface area contributed by atoms with Gasteiger partial charge in [0.25, 0.3) is 0 Å². The Labute approximate surface area is 136 Å². The largest absolute Gasteiger partial charge is 0.373 e. The van der Waals surface area contributed by atoms with Crippen LogP contribution >= 0.6 is 0 Å². The molecule has 0 spiro atoms. The third-order valence-electron chi connectivity index (χ3n) is 4.99. The third kappa shape index (κ3) is 2.20. The average Bonchev–Trinajstić information content (AvgIpc) is 3.33. The highest BCUT2D eigenvalue weighted by Crippen LogP contribution is 2.43. The molecule has 0 radical (unpaired) electrons. The normalized spacial score (nSPS) is 17.7. The second-order valence-electron chi connectivity index (χ2n) is 6.49. The Hall–Kier alpha value is -2.38. The van der Waals surface area contributed by atoms with Crippen molar-refractivity contribution in [2.45, 2.75) is 18.9 Å². The highest BCUT2D eigenvalue weighted by atomic mass is 16.6. The standard InChI is InChI=1S/C22H18O/c1-2-6-15(7-3-1)22-17(12-18-14-23-18)10-11-20-19-9-5-4-8-16(19)13-21(20)22/h1-11,18H,12-14H2. The minimum absolute atomic E-state index is 0.416. The lowest BCUT2D eigenvalue weighted by Gasteiger charge is -2.15. The maximum absolute atomic E-state index is 5.48. The number of fused-ring (bicyclic) bond motifs is 3. The van der Waals surface area contributed by atoms with Crippen LogP contribution < -0.4 is 0 Å². The SMILES string of the molecule is c1ccc(-c2c(CC3CO3)ccc3c2Cc2ccccc2-3)cc1. The number of hydrogen-bond acceptors (Lipinski definition) is 1. The van der Waals surface area contributed by atoms with Crippen LogP contribution in [-0.4, -0.2) is 12.7 Å². The summed E-state index contributed by atoms with van der Waals surface area (Å²) in [5.74, 6) is 0. The monoisotopic (exact) mass is 298 g/mol. The molecule has 1 atom stereocenters. The second kappa shape index (κ2) is 5.07. The lowest BCUT2D eigenvalue weighted by atomic mass is 9.89. The molecule has 0 saturated carbocycles. The lowest BCUT2D eigenvalue weighted by Crippen LogP contribution is -2.00. The molecule has 1 aliphatic carbocycles. The summed E-state index contributed by atoms with van der Waals surface area (Å²) in [7, 11) is 0. The predicted molar refractivity (Wildman–Crippen MR) is 93.6 cm³/mol. The van der Waals surface area contributed by atoms with E-state index in [9.17, 15) is 0 Å². The van der Waals surface area contributed by atoms with Crippen LogP contribution in [0, 0.1) is 0 Å². The van der Waals surface area contributed by atoms with Gasteiger partial charge < -0.3 is 4.74 Å². The first kappa shape index (κ1) is 13.1. The topological polar surface area (TPSA) is 12.5 Å². The molecule has 5 rings (SSSR count). The van der Waals surface area contributed by atoms with E-state index in [-0.39, 0.29) is 0 Å². The quantitative estimate of drug-likeness (QED) is 0.492. The van der Waals surface area contributed by atoms with Crippen molar-refractivity contribution in [2.75, 3.05) is 6.61 Å². The second-order valence-corrected chi connectivity index (χ2v) is 6.49. The van der Waals surface area contributed by atoms with Gasteiger partial charge in [0.2, 0.25) is 0 Å². The van der Waals surface area contributed by atoms with Gasteiger partial charge in [0.1, 0.15) is 0 Å². The Morgan fingerprint density at radius 1 is 0.826 bits per heavy atom. The maximum atomic E-state index is 5.48. The fourth-order valence-corrected chi connectivity index (χ4v) is 3.83. The van der Waals surface area contributed by atoms with E-state index < -0.39 is 0 Å². The van der Waals surface area contributed by atoms with Crippen LogP contribution in [0.5, 0.6) is 0 Å². The van der Waals surface area contributed by atoms with E-state index in [1.165, 1.54) is 38.9 Å². The van der Waals surface area contributed by atoms with Crippen LogP contribution in [0.4, 0.5) is 0 Å². The minimum Gasteiger partial charge on any atom is -0.373 e. The van der Waals surface area contributed by atoms with Crippen molar-refractivity contribution < 1.29 is 4.74 Å². The zero-order chi connectivity index (χ0) is 15.2. The Bertz CT molecular complexity index is 876. The van der Waals surface area contributed by atoms with E-state index in [0.29, 0.717) is 6.10 Å². The van der Waals surface area contributed by atoms with Crippen molar-refractivity contribution in [2.24, 2.45) is 0 Å². The summed E-state index contributed by atoms with van der Waals surface area (Å²) in [6, 6.07) is 24.2. The van der Waals surface area contributed by atoms with Gasteiger partial charge in [-0.05, 0) is 45.4 Å². The van der Waals surface area contributed by atoms with Crippen LogP contribution in [0.2, 0.25) is 0 Å². The molecular weight excluding hydrogens is 280 g/mol. The molecule has 112 valence electrons. The molecule has 23 heavy (non-hydrogen) atoms. The van der Waals surface area contributed by atoms with Gasteiger partial charge in [-0.2, -0.15) is 0 Å². The molecule has 1 aliphatic heterocycles. The van der Waals surface area contributed by atoms with Crippen LogP contribution in [-0.2, 0) is 17.6 Å². The molecular formula is C22H18O. The van der Waals surface area contributed by atoms with E-state index >= 15 is 0 Å². The van der Waals surface area contributed by atoms with Gasteiger partial charge in [-0.1, -0.05) is 66.7 Å². The summed E-state index contributed by atoms with van der Waals surface area (Å²) in [6.07, 6.45) is 2.47. The number of benzene rings is 3. The van der Waals surface area contributed by atoms with E-state index in [0.717, 1.165) is 19.4 Å². The van der Waals surface area contributed by atoms with E-state index in [2.05, 4.69) is 66.7 Å². The molecule has 3 aromatic carbocycles. The Balaban J connectivity index is 1.73. The van der Waals surface area contributed by atoms with Crippen molar-refractivity contribution in [3.63, 3.8) is 0 Å². The molecule has 1 saturated heterocycles. The van der Waals surface area contributed by atoms with Crippen molar-refractivity contribution in [1.82, 2.24) is 0 Å². The maximum Gasteiger partial charge on any atom is 0.0850 e. The van der Waals surface area contributed by atoms with Gasteiger partial charge >= 0.3 is 0 Å². The minimum atomic E-state index is 0.416. The van der Waals surface area contributed by atoms with Crippen LogP contribution in [0.25, 0.3) is 22.3 Å². The van der Waals surface area contributed by atoms with E-state index in [1.54, 1.807) is 0 Å². The Kier molecular flexibility index (Phi) is 2.89. The Morgan fingerprint density at radius 2 is 1.61 bits per heavy atom. The molecule has 1 heteroatoms. The molecule has 1 nitrogen and oxygen atoms in total. The van der Waals surface area contributed by atoms with Gasteiger partial charge in [-0.15, -0.1) is 0 Å². The molecule has 1 heterocycles. The predicted octanol–water partition coefficient (Wildman–Crippen LogP) is 4.87. The van der Waals surface area contributed by atoms with E-state index in [4.69, 9.17) is 4.74 Å². The highest BCUT2D eigenvalue weighted by molar-refractivity contribution is 5.86. The summed E-state index contributed by atoms with van der Waals surface area (Å²) in [5, 5.41) is 0. The molecule has 1 fully saturated rings. The van der Waals surface area contributed by atoms with Crippen molar-refractivity contribution >= 4 is 0 Å². The zero-order valence-corrected chi connectivity index (χ0v) is 13.0. The number of rotatable bonds is 3. The molecule has 0 amide bonds.